The molecule has 0 saturated carbocycles. The summed E-state index contributed by atoms with van der Waals surface area (Å²) in [7, 11) is 0. The lowest BCUT2D eigenvalue weighted by atomic mass is 10.2. The molecule has 4 rings (SSSR count). The summed E-state index contributed by atoms with van der Waals surface area (Å²) in [5.74, 6) is 1.39. The predicted octanol–water partition coefficient (Wildman–Crippen LogP) is 3.37. The van der Waals surface area contributed by atoms with Crippen LogP contribution in [-0.2, 0) is 11.2 Å². The van der Waals surface area contributed by atoms with Gasteiger partial charge in [0.05, 0.1) is 18.7 Å². The Kier molecular flexibility index (Phi) is 4.67. The molecule has 2 aromatic heterocycles. The third-order valence-electron chi connectivity index (χ3n) is 3.76. The van der Waals surface area contributed by atoms with E-state index in [4.69, 9.17) is 9.47 Å². The van der Waals surface area contributed by atoms with Gasteiger partial charge in [0, 0.05) is 16.3 Å². The molecule has 0 aliphatic carbocycles. The number of nitrogens with zero attached hydrogens (tertiary/aromatic N) is 1. The molecule has 0 spiro atoms. The second-order valence-corrected chi connectivity index (χ2v) is 7.27. The fourth-order valence-electron chi connectivity index (χ4n) is 2.53. The van der Waals surface area contributed by atoms with E-state index in [2.05, 4.69) is 15.7 Å². The van der Waals surface area contributed by atoms with Crippen LogP contribution in [0, 0.1) is 0 Å². The highest BCUT2D eigenvalue weighted by Gasteiger charge is 2.21. The van der Waals surface area contributed by atoms with Crippen molar-refractivity contribution in [3.05, 3.63) is 52.2 Å². The lowest BCUT2D eigenvalue weighted by Gasteiger charge is -2.26. The Morgan fingerprint density at radius 3 is 2.96 bits per heavy atom. The number of rotatable bonds is 5. The third-order valence-corrected chi connectivity index (χ3v) is 5.38. The number of thiophene rings is 1. The van der Waals surface area contributed by atoms with Crippen molar-refractivity contribution >= 4 is 28.6 Å². The Morgan fingerprint density at radius 2 is 2.12 bits per heavy atom. The summed E-state index contributed by atoms with van der Waals surface area (Å²) in [4.78, 5) is 16.7. The van der Waals surface area contributed by atoms with Crippen LogP contribution in [0.1, 0.15) is 5.69 Å². The van der Waals surface area contributed by atoms with E-state index in [1.165, 1.54) is 0 Å². The molecule has 0 radical (unpaired) electrons. The predicted molar refractivity (Wildman–Crippen MR) is 98.5 cm³/mol. The van der Waals surface area contributed by atoms with Gasteiger partial charge >= 0.3 is 0 Å². The molecule has 3 aromatic rings. The van der Waals surface area contributed by atoms with E-state index in [0.29, 0.717) is 18.9 Å². The molecule has 1 aliphatic heterocycles. The highest BCUT2D eigenvalue weighted by Crippen LogP contribution is 2.30. The number of hydrogen-bond donors (Lipinski definition) is 1. The first-order chi connectivity index (χ1) is 12.3. The summed E-state index contributed by atoms with van der Waals surface area (Å²) in [6.07, 6.45) is 0.0841. The first kappa shape index (κ1) is 16.1. The molecule has 0 saturated heterocycles. The minimum atomic E-state index is -0.185. The maximum absolute atomic E-state index is 12.2. The minimum absolute atomic E-state index is 0.0652. The molecule has 7 heteroatoms. The molecule has 25 heavy (non-hydrogen) atoms. The number of fused-ring (bicyclic) bond motifs is 1. The average molecular weight is 372 g/mol. The van der Waals surface area contributed by atoms with Crippen molar-refractivity contribution in [2.45, 2.75) is 12.5 Å². The van der Waals surface area contributed by atoms with Crippen LogP contribution < -0.4 is 14.8 Å². The number of ether oxygens (including phenoxy) is 2. The maximum Gasteiger partial charge on any atom is 0.226 e. The van der Waals surface area contributed by atoms with Crippen molar-refractivity contribution in [2.24, 2.45) is 0 Å². The number of aromatic nitrogens is 1. The second-order valence-electron chi connectivity index (χ2n) is 5.63. The van der Waals surface area contributed by atoms with Crippen LogP contribution in [-0.4, -0.2) is 30.1 Å². The molecule has 3 heterocycles. The van der Waals surface area contributed by atoms with Gasteiger partial charge in [-0.05, 0) is 23.6 Å². The van der Waals surface area contributed by atoms with Crippen LogP contribution >= 0.6 is 22.7 Å². The maximum atomic E-state index is 12.2. The number of benzene rings is 1. The molecule has 1 atom stereocenters. The summed E-state index contributed by atoms with van der Waals surface area (Å²) < 4.78 is 11.5. The van der Waals surface area contributed by atoms with Gasteiger partial charge in [0.1, 0.15) is 17.7 Å². The summed E-state index contributed by atoms with van der Waals surface area (Å²) in [6, 6.07) is 9.58. The molecule has 1 N–H and O–H groups in total. The molecule has 0 unspecified atom stereocenters. The zero-order valence-corrected chi connectivity index (χ0v) is 14.9. The monoisotopic (exact) mass is 372 g/mol. The van der Waals surface area contributed by atoms with Gasteiger partial charge in [0.15, 0.2) is 11.5 Å². The van der Waals surface area contributed by atoms with Gasteiger partial charge in [-0.2, -0.15) is 11.3 Å². The van der Waals surface area contributed by atoms with Crippen molar-refractivity contribution in [1.82, 2.24) is 10.3 Å². The molecule has 1 aromatic carbocycles. The molecular weight excluding hydrogens is 356 g/mol. The zero-order valence-electron chi connectivity index (χ0n) is 13.3. The minimum Gasteiger partial charge on any atom is -0.486 e. The Bertz CT molecular complexity index is 861. The Labute approximate surface area is 153 Å². The van der Waals surface area contributed by atoms with Crippen molar-refractivity contribution in [3.63, 3.8) is 0 Å². The van der Waals surface area contributed by atoms with E-state index in [9.17, 15) is 4.79 Å². The van der Waals surface area contributed by atoms with E-state index in [-0.39, 0.29) is 18.4 Å². The summed E-state index contributed by atoms with van der Waals surface area (Å²) in [5, 5.41) is 9.86. The lowest BCUT2D eigenvalue weighted by Crippen LogP contribution is -2.41. The van der Waals surface area contributed by atoms with Gasteiger partial charge in [-0.15, -0.1) is 11.3 Å². The average Bonchev–Trinajstić information content (AvgIpc) is 3.31. The van der Waals surface area contributed by atoms with E-state index < -0.39 is 0 Å². The summed E-state index contributed by atoms with van der Waals surface area (Å²) >= 11 is 3.20. The topological polar surface area (TPSA) is 60.5 Å². The molecule has 0 bridgehead atoms. The molecule has 1 aliphatic rings. The number of nitrogens with one attached hydrogen (secondary N) is 1. The highest BCUT2D eigenvalue weighted by atomic mass is 32.1. The molecule has 128 valence electrons. The molecular formula is C18H16N2O3S2. The standard InChI is InChI=1S/C18H16N2O3S2/c21-17(7-13-11-25-18(20-13)12-5-6-24-10-12)19-8-14-9-22-15-3-1-2-4-16(15)23-14/h1-6,10-11,14H,7-9H2,(H,19,21)/t14-/m1/s1. The molecule has 5 nitrogen and oxygen atoms in total. The van der Waals surface area contributed by atoms with Gasteiger partial charge in [0.25, 0.3) is 0 Å². The van der Waals surface area contributed by atoms with Gasteiger partial charge in [-0.1, -0.05) is 12.1 Å². The van der Waals surface area contributed by atoms with E-state index in [1.807, 2.05) is 41.1 Å². The van der Waals surface area contributed by atoms with Crippen molar-refractivity contribution in [3.8, 4) is 22.1 Å². The smallest absolute Gasteiger partial charge is 0.226 e. The van der Waals surface area contributed by atoms with Crippen LogP contribution in [0.4, 0.5) is 0 Å². The van der Waals surface area contributed by atoms with Gasteiger partial charge < -0.3 is 14.8 Å². The van der Waals surface area contributed by atoms with Crippen LogP contribution in [0.2, 0.25) is 0 Å². The number of thiazole rings is 1. The van der Waals surface area contributed by atoms with Crippen LogP contribution in [0.3, 0.4) is 0 Å². The quantitative estimate of drug-likeness (QED) is 0.746. The normalized spacial score (nSPS) is 15.8. The van der Waals surface area contributed by atoms with Crippen molar-refractivity contribution in [1.29, 1.82) is 0 Å². The first-order valence-electron chi connectivity index (χ1n) is 7.90. The number of amides is 1. The van der Waals surface area contributed by atoms with Gasteiger partial charge in [0.2, 0.25) is 5.91 Å². The Morgan fingerprint density at radius 1 is 1.24 bits per heavy atom. The summed E-state index contributed by atoms with van der Waals surface area (Å²) in [5.41, 5.74) is 1.89. The number of para-hydroxylation sites is 2. The van der Waals surface area contributed by atoms with Crippen LogP contribution in [0.5, 0.6) is 11.5 Å². The molecule has 1 amide bonds. The fourth-order valence-corrected chi connectivity index (χ4v) is 4.06. The first-order valence-corrected chi connectivity index (χ1v) is 9.72. The number of carbonyl (C=O) groups excluding carboxylic acids is 1. The van der Waals surface area contributed by atoms with E-state index in [1.54, 1.807) is 22.7 Å². The van der Waals surface area contributed by atoms with Crippen LogP contribution in [0.25, 0.3) is 10.6 Å². The second kappa shape index (κ2) is 7.25. The third kappa shape index (κ3) is 3.83. The SMILES string of the molecule is O=C(Cc1csc(-c2ccsc2)n1)NC[C@@H]1COc2ccccc2O1. The Hall–Kier alpha value is -2.38. The van der Waals surface area contributed by atoms with Crippen molar-refractivity contribution in [2.75, 3.05) is 13.2 Å². The number of hydrogen-bond acceptors (Lipinski definition) is 6. The summed E-state index contributed by atoms with van der Waals surface area (Å²) in [6.45, 7) is 0.838. The number of carbonyl (C=O) groups is 1. The molecule has 0 fully saturated rings. The lowest BCUT2D eigenvalue weighted by molar-refractivity contribution is -0.121. The van der Waals surface area contributed by atoms with Crippen molar-refractivity contribution < 1.29 is 14.3 Å². The van der Waals surface area contributed by atoms with Gasteiger partial charge in [-0.25, -0.2) is 4.98 Å². The zero-order chi connectivity index (χ0) is 17.1. The highest BCUT2D eigenvalue weighted by molar-refractivity contribution is 7.14. The van der Waals surface area contributed by atoms with E-state index >= 15 is 0 Å². The van der Waals surface area contributed by atoms with Gasteiger partial charge in [-0.3, -0.25) is 4.79 Å². The van der Waals surface area contributed by atoms with E-state index in [0.717, 1.165) is 22.0 Å². The fraction of sp³-hybridized carbons (Fsp3) is 0.222. The Balaban J connectivity index is 1.29. The van der Waals surface area contributed by atoms with Crippen LogP contribution in [0.15, 0.2) is 46.5 Å². The largest absolute Gasteiger partial charge is 0.486 e.